The van der Waals surface area contributed by atoms with Gasteiger partial charge < -0.3 is 5.32 Å². The Bertz CT molecular complexity index is 368. The second kappa shape index (κ2) is 5.93. The van der Waals surface area contributed by atoms with Crippen molar-refractivity contribution < 1.29 is 4.79 Å². The van der Waals surface area contributed by atoms with Crippen molar-refractivity contribution in [1.29, 1.82) is 0 Å². The van der Waals surface area contributed by atoms with Crippen molar-refractivity contribution in [2.24, 2.45) is 7.05 Å². The van der Waals surface area contributed by atoms with Crippen LogP contribution in [0.1, 0.15) is 12.0 Å². The van der Waals surface area contributed by atoms with Crippen LogP contribution in [0.2, 0.25) is 0 Å². The van der Waals surface area contributed by atoms with Gasteiger partial charge in [-0.15, -0.1) is 0 Å². The van der Waals surface area contributed by atoms with Gasteiger partial charge in [-0.05, 0) is 12.0 Å². The zero-order valence-corrected chi connectivity index (χ0v) is 10.4. The van der Waals surface area contributed by atoms with Crippen molar-refractivity contribution in [3.63, 3.8) is 0 Å². The predicted octanol–water partition coefficient (Wildman–Crippen LogP) is -0.173. The molecule has 0 saturated carbocycles. The Labute approximate surface area is 102 Å². The topological polar surface area (TPSA) is 50.2 Å². The first kappa shape index (κ1) is 12.3. The lowest BCUT2D eigenvalue weighted by atomic mass is 10.1. The van der Waals surface area contributed by atoms with Gasteiger partial charge >= 0.3 is 0 Å². The summed E-state index contributed by atoms with van der Waals surface area (Å²) in [5.74, 6) is 0.329. The number of carbonyl (C=O) groups is 1. The van der Waals surface area contributed by atoms with Crippen molar-refractivity contribution in [2.45, 2.75) is 12.8 Å². The molecule has 0 unspecified atom stereocenters. The SMILES string of the molecule is Cn1cc(CCC(=O)CN2CCNCC2)cn1. The Balaban J connectivity index is 1.70. The lowest BCUT2D eigenvalue weighted by Crippen LogP contribution is -2.45. The number of hydrogen-bond donors (Lipinski definition) is 1. The molecule has 5 nitrogen and oxygen atoms in total. The smallest absolute Gasteiger partial charge is 0.147 e. The number of nitrogens with zero attached hydrogens (tertiary/aromatic N) is 3. The molecule has 1 N–H and O–H groups in total. The molecule has 5 heteroatoms. The molecule has 1 aromatic heterocycles. The third-order valence-corrected chi connectivity index (χ3v) is 3.06. The van der Waals surface area contributed by atoms with E-state index in [-0.39, 0.29) is 0 Å². The van der Waals surface area contributed by atoms with Gasteiger partial charge in [0.15, 0.2) is 0 Å². The minimum Gasteiger partial charge on any atom is -0.314 e. The average molecular weight is 236 g/mol. The van der Waals surface area contributed by atoms with Gasteiger partial charge in [0, 0.05) is 45.8 Å². The molecule has 0 aliphatic carbocycles. The van der Waals surface area contributed by atoms with Crippen molar-refractivity contribution in [3.8, 4) is 0 Å². The largest absolute Gasteiger partial charge is 0.314 e. The normalized spacial score (nSPS) is 17.2. The van der Waals surface area contributed by atoms with Crippen molar-refractivity contribution in [3.05, 3.63) is 18.0 Å². The molecule has 1 aliphatic heterocycles. The fourth-order valence-corrected chi connectivity index (χ4v) is 2.08. The molecule has 0 atom stereocenters. The van der Waals surface area contributed by atoms with E-state index in [0.29, 0.717) is 18.7 Å². The van der Waals surface area contributed by atoms with Crippen LogP contribution in [0.5, 0.6) is 0 Å². The van der Waals surface area contributed by atoms with E-state index in [1.165, 1.54) is 0 Å². The number of nitrogens with one attached hydrogen (secondary N) is 1. The Morgan fingerprint density at radius 1 is 1.47 bits per heavy atom. The molecule has 1 aliphatic rings. The van der Waals surface area contributed by atoms with E-state index in [2.05, 4.69) is 15.3 Å². The Morgan fingerprint density at radius 2 is 2.24 bits per heavy atom. The summed E-state index contributed by atoms with van der Waals surface area (Å²) in [5, 5.41) is 7.38. The summed E-state index contributed by atoms with van der Waals surface area (Å²) in [6.07, 6.45) is 5.23. The molecule has 0 radical (unpaired) electrons. The van der Waals surface area contributed by atoms with Gasteiger partial charge in [0.05, 0.1) is 12.7 Å². The molecule has 0 amide bonds. The Kier molecular flexibility index (Phi) is 4.28. The maximum absolute atomic E-state index is 11.8. The summed E-state index contributed by atoms with van der Waals surface area (Å²) in [5.41, 5.74) is 1.14. The van der Waals surface area contributed by atoms with Gasteiger partial charge in [-0.2, -0.15) is 5.10 Å². The lowest BCUT2D eigenvalue weighted by Gasteiger charge is -2.26. The highest BCUT2D eigenvalue weighted by Crippen LogP contribution is 2.02. The van der Waals surface area contributed by atoms with Crippen LogP contribution >= 0.6 is 0 Å². The maximum atomic E-state index is 11.8. The molecule has 0 spiro atoms. The highest BCUT2D eigenvalue weighted by Gasteiger charge is 2.13. The Hall–Kier alpha value is -1.20. The van der Waals surface area contributed by atoms with Gasteiger partial charge in [-0.1, -0.05) is 0 Å². The first-order valence-electron chi connectivity index (χ1n) is 6.16. The molecule has 1 fully saturated rings. The van der Waals surface area contributed by atoms with E-state index in [0.717, 1.165) is 38.2 Å². The zero-order chi connectivity index (χ0) is 12.1. The highest BCUT2D eigenvalue weighted by atomic mass is 16.1. The van der Waals surface area contributed by atoms with E-state index in [1.54, 1.807) is 4.68 Å². The minimum absolute atomic E-state index is 0.329. The average Bonchev–Trinajstić information content (AvgIpc) is 2.74. The third-order valence-electron chi connectivity index (χ3n) is 3.06. The highest BCUT2D eigenvalue weighted by molar-refractivity contribution is 5.80. The summed E-state index contributed by atoms with van der Waals surface area (Å²) in [7, 11) is 1.89. The fraction of sp³-hybridized carbons (Fsp3) is 0.667. The molecule has 2 rings (SSSR count). The molecule has 2 heterocycles. The van der Waals surface area contributed by atoms with E-state index in [9.17, 15) is 4.79 Å². The van der Waals surface area contributed by atoms with Crippen molar-refractivity contribution in [1.82, 2.24) is 20.0 Å². The summed E-state index contributed by atoms with van der Waals surface area (Å²) < 4.78 is 1.77. The van der Waals surface area contributed by atoms with Crippen LogP contribution in [0.3, 0.4) is 0 Å². The number of hydrogen-bond acceptors (Lipinski definition) is 4. The van der Waals surface area contributed by atoms with Gasteiger partial charge in [-0.25, -0.2) is 0 Å². The standard InChI is InChI=1S/C12H20N4O/c1-15-9-11(8-14-15)2-3-12(17)10-16-6-4-13-5-7-16/h8-9,13H,2-7,10H2,1H3. The molecule has 0 bridgehead atoms. The van der Waals surface area contributed by atoms with Crippen LogP contribution in [-0.4, -0.2) is 53.2 Å². The number of rotatable bonds is 5. The number of piperazine rings is 1. The minimum atomic E-state index is 0.329. The van der Waals surface area contributed by atoms with Crippen LogP contribution in [0.25, 0.3) is 0 Å². The Morgan fingerprint density at radius 3 is 2.88 bits per heavy atom. The van der Waals surface area contributed by atoms with Gasteiger partial charge in [0.2, 0.25) is 0 Å². The molecule has 17 heavy (non-hydrogen) atoms. The van der Waals surface area contributed by atoms with Crippen LogP contribution in [0.4, 0.5) is 0 Å². The zero-order valence-electron chi connectivity index (χ0n) is 10.4. The monoisotopic (exact) mass is 236 g/mol. The summed E-state index contributed by atoms with van der Waals surface area (Å²) in [6, 6.07) is 0. The van der Waals surface area contributed by atoms with E-state index < -0.39 is 0 Å². The van der Waals surface area contributed by atoms with E-state index >= 15 is 0 Å². The van der Waals surface area contributed by atoms with Gasteiger partial charge in [0.25, 0.3) is 0 Å². The second-order valence-corrected chi connectivity index (χ2v) is 4.59. The van der Waals surface area contributed by atoms with Crippen LogP contribution in [-0.2, 0) is 18.3 Å². The molecular weight excluding hydrogens is 216 g/mol. The summed E-state index contributed by atoms with van der Waals surface area (Å²) in [4.78, 5) is 14.0. The lowest BCUT2D eigenvalue weighted by molar-refractivity contribution is -0.120. The number of ketones is 1. The summed E-state index contributed by atoms with van der Waals surface area (Å²) in [6.45, 7) is 4.56. The fourth-order valence-electron chi connectivity index (χ4n) is 2.08. The molecular formula is C12H20N4O. The predicted molar refractivity (Wildman–Crippen MR) is 65.8 cm³/mol. The number of carbonyl (C=O) groups excluding carboxylic acids is 1. The number of aryl methyl sites for hydroxylation is 2. The van der Waals surface area contributed by atoms with Crippen molar-refractivity contribution in [2.75, 3.05) is 32.7 Å². The quantitative estimate of drug-likeness (QED) is 0.771. The maximum Gasteiger partial charge on any atom is 0.147 e. The molecule has 94 valence electrons. The number of aromatic nitrogens is 2. The molecule has 0 aromatic carbocycles. The van der Waals surface area contributed by atoms with Crippen LogP contribution < -0.4 is 5.32 Å². The first-order chi connectivity index (χ1) is 8.24. The molecule has 1 aromatic rings. The van der Waals surface area contributed by atoms with E-state index in [4.69, 9.17) is 0 Å². The third kappa shape index (κ3) is 3.94. The number of Topliss-reactive ketones (excluding diaryl/α,β-unsaturated/α-hetero) is 1. The van der Waals surface area contributed by atoms with Crippen LogP contribution in [0, 0.1) is 0 Å². The van der Waals surface area contributed by atoms with Crippen molar-refractivity contribution >= 4 is 5.78 Å². The summed E-state index contributed by atoms with van der Waals surface area (Å²) >= 11 is 0. The van der Waals surface area contributed by atoms with Gasteiger partial charge in [0.1, 0.15) is 5.78 Å². The second-order valence-electron chi connectivity index (χ2n) is 4.59. The molecule has 1 saturated heterocycles. The first-order valence-corrected chi connectivity index (χ1v) is 6.16. The van der Waals surface area contributed by atoms with Crippen LogP contribution in [0.15, 0.2) is 12.4 Å². The van der Waals surface area contributed by atoms with Gasteiger partial charge in [-0.3, -0.25) is 14.4 Å². The van der Waals surface area contributed by atoms with E-state index in [1.807, 2.05) is 19.4 Å².